The molecule has 0 amide bonds. The summed E-state index contributed by atoms with van der Waals surface area (Å²) in [6.07, 6.45) is 2.23. The van der Waals surface area contributed by atoms with E-state index in [4.69, 9.17) is 10.5 Å². The Kier molecular flexibility index (Phi) is 5.53. The molecular formula is C16H27N3O. The van der Waals surface area contributed by atoms with Crippen LogP contribution in [0.2, 0.25) is 0 Å². The van der Waals surface area contributed by atoms with E-state index < -0.39 is 0 Å². The van der Waals surface area contributed by atoms with E-state index >= 15 is 0 Å². The Labute approximate surface area is 122 Å². The number of ether oxygens (including phenoxy) is 1. The molecule has 2 rings (SSSR count). The Morgan fingerprint density at radius 2 is 1.85 bits per heavy atom. The summed E-state index contributed by atoms with van der Waals surface area (Å²) < 4.78 is 5.72. The number of piperazine rings is 1. The van der Waals surface area contributed by atoms with Crippen molar-refractivity contribution in [3.05, 3.63) is 18.2 Å². The predicted octanol–water partition coefficient (Wildman–Crippen LogP) is 2.59. The number of nitrogens with two attached hydrogens (primary N) is 1. The van der Waals surface area contributed by atoms with Crippen LogP contribution >= 0.6 is 0 Å². The largest absolute Gasteiger partial charge is 0.491 e. The van der Waals surface area contributed by atoms with Crippen LogP contribution in [0.5, 0.6) is 5.75 Å². The van der Waals surface area contributed by atoms with Crippen LogP contribution in [-0.4, -0.2) is 44.2 Å². The molecule has 1 aliphatic heterocycles. The lowest BCUT2D eigenvalue weighted by molar-refractivity contribution is 0.258. The first-order valence-corrected chi connectivity index (χ1v) is 7.74. The van der Waals surface area contributed by atoms with Crippen molar-refractivity contribution in [3.63, 3.8) is 0 Å². The summed E-state index contributed by atoms with van der Waals surface area (Å²) in [5.74, 6) is 0.820. The van der Waals surface area contributed by atoms with Crippen molar-refractivity contribution in [2.45, 2.75) is 26.7 Å². The van der Waals surface area contributed by atoms with Gasteiger partial charge in [-0.25, -0.2) is 0 Å². The van der Waals surface area contributed by atoms with Crippen molar-refractivity contribution < 1.29 is 4.74 Å². The third-order valence-electron chi connectivity index (χ3n) is 3.74. The number of hydrogen-bond donors (Lipinski definition) is 1. The van der Waals surface area contributed by atoms with Crippen LogP contribution in [0.25, 0.3) is 0 Å². The quantitative estimate of drug-likeness (QED) is 0.812. The smallest absolute Gasteiger partial charge is 0.144 e. The minimum absolute atomic E-state index is 0.720. The summed E-state index contributed by atoms with van der Waals surface area (Å²) in [7, 11) is 0. The maximum Gasteiger partial charge on any atom is 0.144 e. The molecule has 0 unspecified atom stereocenters. The Hall–Kier alpha value is -1.42. The molecule has 20 heavy (non-hydrogen) atoms. The Bertz CT molecular complexity index is 414. The first kappa shape index (κ1) is 15.0. The van der Waals surface area contributed by atoms with Gasteiger partial charge in [0.1, 0.15) is 5.75 Å². The van der Waals surface area contributed by atoms with E-state index in [9.17, 15) is 0 Å². The zero-order chi connectivity index (χ0) is 14.4. The van der Waals surface area contributed by atoms with Gasteiger partial charge in [0.15, 0.2) is 0 Å². The van der Waals surface area contributed by atoms with Gasteiger partial charge >= 0.3 is 0 Å². The van der Waals surface area contributed by atoms with Gasteiger partial charge in [-0.1, -0.05) is 13.8 Å². The van der Waals surface area contributed by atoms with Crippen LogP contribution in [0.15, 0.2) is 18.2 Å². The highest BCUT2D eigenvalue weighted by Crippen LogP contribution is 2.28. The number of anilines is 2. The van der Waals surface area contributed by atoms with Gasteiger partial charge in [-0.3, -0.25) is 4.90 Å². The number of hydrogen-bond acceptors (Lipinski definition) is 4. The summed E-state index contributed by atoms with van der Waals surface area (Å²) in [6.45, 7) is 10.7. The molecule has 1 aromatic carbocycles. The predicted molar refractivity (Wildman–Crippen MR) is 85.6 cm³/mol. The van der Waals surface area contributed by atoms with E-state index in [1.807, 2.05) is 6.07 Å². The fraction of sp³-hybridized carbons (Fsp3) is 0.625. The van der Waals surface area contributed by atoms with Crippen molar-refractivity contribution in [2.24, 2.45) is 0 Å². The zero-order valence-corrected chi connectivity index (χ0v) is 12.8. The molecule has 0 spiro atoms. The molecule has 0 radical (unpaired) electrons. The van der Waals surface area contributed by atoms with Crippen molar-refractivity contribution in [1.82, 2.24) is 4.90 Å². The van der Waals surface area contributed by atoms with E-state index in [1.165, 1.54) is 18.7 Å². The van der Waals surface area contributed by atoms with Crippen molar-refractivity contribution >= 4 is 11.4 Å². The Balaban J connectivity index is 1.99. The minimum atomic E-state index is 0.720. The molecule has 0 aliphatic carbocycles. The van der Waals surface area contributed by atoms with Crippen molar-refractivity contribution in [2.75, 3.05) is 50.0 Å². The Morgan fingerprint density at radius 3 is 2.50 bits per heavy atom. The van der Waals surface area contributed by atoms with Gasteiger partial charge in [0.25, 0.3) is 0 Å². The van der Waals surface area contributed by atoms with E-state index in [0.29, 0.717) is 0 Å². The summed E-state index contributed by atoms with van der Waals surface area (Å²) in [4.78, 5) is 4.95. The second-order valence-corrected chi connectivity index (χ2v) is 5.40. The molecule has 0 aromatic heterocycles. The SMILES string of the molecule is CCCOc1cc(N2CCN(CCC)CC2)ccc1N. The highest BCUT2D eigenvalue weighted by molar-refractivity contribution is 5.62. The average Bonchev–Trinajstić information content (AvgIpc) is 2.48. The summed E-state index contributed by atoms with van der Waals surface area (Å²) in [5, 5.41) is 0. The molecule has 1 heterocycles. The fourth-order valence-electron chi connectivity index (χ4n) is 2.60. The molecule has 1 aromatic rings. The fourth-order valence-corrected chi connectivity index (χ4v) is 2.60. The van der Waals surface area contributed by atoms with Crippen LogP contribution in [0.3, 0.4) is 0 Å². The normalized spacial score (nSPS) is 16.4. The van der Waals surface area contributed by atoms with Gasteiger partial charge in [0.2, 0.25) is 0 Å². The van der Waals surface area contributed by atoms with Crippen LogP contribution < -0.4 is 15.4 Å². The number of rotatable bonds is 6. The average molecular weight is 277 g/mol. The number of benzene rings is 1. The standard InChI is InChI=1S/C16H27N3O/c1-3-7-18-8-10-19(11-9-18)14-5-6-15(17)16(13-14)20-12-4-2/h5-6,13H,3-4,7-12,17H2,1-2H3. The minimum Gasteiger partial charge on any atom is -0.491 e. The molecule has 0 saturated carbocycles. The van der Waals surface area contributed by atoms with Gasteiger partial charge in [-0.15, -0.1) is 0 Å². The summed E-state index contributed by atoms with van der Waals surface area (Å²) in [6, 6.07) is 6.14. The lowest BCUT2D eigenvalue weighted by Gasteiger charge is -2.36. The second kappa shape index (κ2) is 7.39. The molecule has 1 saturated heterocycles. The van der Waals surface area contributed by atoms with Crippen LogP contribution in [0.4, 0.5) is 11.4 Å². The summed E-state index contributed by atoms with van der Waals surface area (Å²) >= 11 is 0. The van der Waals surface area contributed by atoms with Gasteiger partial charge in [0, 0.05) is 37.9 Å². The molecule has 1 aliphatic rings. The summed E-state index contributed by atoms with van der Waals surface area (Å²) in [5.41, 5.74) is 7.92. The van der Waals surface area contributed by atoms with Crippen LogP contribution in [0.1, 0.15) is 26.7 Å². The van der Waals surface area contributed by atoms with E-state index in [-0.39, 0.29) is 0 Å². The van der Waals surface area contributed by atoms with Gasteiger partial charge < -0.3 is 15.4 Å². The molecule has 4 nitrogen and oxygen atoms in total. The number of nitrogen functional groups attached to an aromatic ring is 1. The van der Waals surface area contributed by atoms with Crippen molar-refractivity contribution in [3.8, 4) is 5.75 Å². The molecule has 2 N–H and O–H groups in total. The highest BCUT2D eigenvalue weighted by Gasteiger charge is 2.17. The van der Waals surface area contributed by atoms with Crippen molar-refractivity contribution in [1.29, 1.82) is 0 Å². The van der Waals surface area contributed by atoms with Crippen LogP contribution in [-0.2, 0) is 0 Å². The van der Waals surface area contributed by atoms with E-state index in [0.717, 1.165) is 50.6 Å². The molecule has 1 fully saturated rings. The zero-order valence-electron chi connectivity index (χ0n) is 12.8. The maximum atomic E-state index is 5.97. The first-order chi connectivity index (χ1) is 9.74. The molecule has 0 atom stereocenters. The van der Waals surface area contributed by atoms with E-state index in [2.05, 4.69) is 35.8 Å². The number of nitrogens with zero attached hydrogens (tertiary/aromatic N) is 2. The first-order valence-electron chi connectivity index (χ1n) is 7.74. The maximum absolute atomic E-state index is 5.97. The topological polar surface area (TPSA) is 41.7 Å². The molecule has 4 heteroatoms. The third-order valence-corrected chi connectivity index (χ3v) is 3.74. The van der Waals surface area contributed by atoms with Gasteiger partial charge in [0.05, 0.1) is 12.3 Å². The lowest BCUT2D eigenvalue weighted by Crippen LogP contribution is -2.46. The highest BCUT2D eigenvalue weighted by atomic mass is 16.5. The van der Waals surface area contributed by atoms with E-state index in [1.54, 1.807) is 0 Å². The monoisotopic (exact) mass is 277 g/mol. The second-order valence-electron chi connectivity index (χ2n) is 5.40. The molecule has 0 bridgehead atoms. The third kappa shape index (κ3) is 3.79. The van der Waals surface area contributed by atoms with Gasteiger partial charge in [-0.2, -0.15) is 0 Å². The molecular weight excluding hydrogens is 250 g/mol. The van der Waals surface area contributed by atoms with Gasteiger partial charge in [-0.05, 0) is 31.5 Å². The molecule has 112 valence electrons. The Morgan fingerprint density at radius 1 is 1.10 bits per heavy atom. The lowest BCUT2D eigenvalue weighted by atomic mass is 10.2. The van der Waals surface area contributed by atoms with Crippen LogP contribution in [0, 0.1) is 0 Å².